The third kappa shape index (κ3) is 6.95. The molecular weight excluding hydrogens is 394 g/mol. The van der Waals surface area contributed by atoms with Gasteiger partial charge in [0.1, 0.15) is 26.2 Å². The Bertz CT molecular complexity index is 835. The van der Waals surface area contributed by atoms with E-state index in [1.807, 2.05) is 25.2 Å². The predicted octanol–water partition coefficient (Wildman–Crippen LogP) is -0.550. The molecule has 0 bridgehead atoms. The first-order chi connectivity index (χ1) is 15.1. The molecule has 3 N–H and O–H groups in total. The average Bonchev–Trinajstić information content (AvgIpc) is 2.79. The molecule has 3 rings (SSSR count). The fourth-order valence-corrected chi connectivity index (χ4v) is 3.92. The van der Waals surface area contributed by atoms with Crippen molar-refractivity contribution in [3.05, 3.63) is 59.2 Å². The molecule has 1 heterocycles. The van der Waals surface area contributed by atoms with Gasteiger partial charge in [-0.15, -0.1) is 0 Å². The normalized spacial score (nSPS) is 15.3. The van der Waals surface area contributed by atoms with Crippen LogP contribution < -0.4 is 24.6 Å². The van der Waals surface area contributed by atoms with Crippen LogP contribution in [0.25, 0.3) is 0 Å². The highest BCUT2D eigenvalue weighted by molar-refractivity contribution is 5.76. The zero-order valence-electron chi connectivity index (χ0n) is 18.8. The highest BCUT2D eigenvalue weighted by atomic mass is 16.5. The lowest BCUT2D eigenvalue weighted by atomic mass is 10.1. The van der Waals surface area contributed by atoms with Crippen LogP contribution in [0.15, 0.2) is 42.5 Å². The summed E-state index contributed by atoms with van der Waals surface area (Å²) in [5, 5.41) is 3.03. The van der Waals surface area contributed by atoms with Crippen LogP contribution in [-0.2, 0) is 29.2 Å². The first-order valence-corrected chi connectivity index (χ1v) is 10.9. The van der Waals surface area contributed by atoms with Crippen molar-refractivity contribution < 1.29 is 28.8 Å². The van der Waals surface area contributed by atoms with E-state index in [1.54, 1.807) is 19.1 Å². The van der Waals surface area contributed by atoms with Gasteiger partial charge in [-0.25, -0.2) is 0 Å². The molecule has 0 aliphatic carbocycles. The molecule has 2 aromatic carbocycles. The summed E-state index contributed by atoms with van der Waals surface area (Å²) in [5.41, 5.74) is 3.45. The first-order valence-electron chi connectivity index (χ1n) is 10.9. The van der Waals surface area contributed by atoms with Crippen LogP contribution in [0.1, 0.15) is 16.7 Å². The molecule has 0 saturated carbocycles. The van der Waals surface area contributed by atoms with Gasteiger partial charge >= 0.3 is 0 Å². The van der Waals surface area contributed by atoms with Gasteiger partial charge in [-0.1, -0.05) is 30.3 Å². The van der Waals surface area contributed by atoms with Crippen molar-refractivity contribution in [1.29, 1.82) is 0 Å². The largest absolute Gasteiger partial charge is 0.493 e. The van der Waals surface area contributed by atoms with Crippen LogP contribution in [0, 0.1) is 0 Å². The molecule has 1 unspecified atom stereocenters. The molecule has 2 aromatic rings. The molecule has 7 nitrogen and oxygen atoms in total. The summed E-state index contributed by atoms with van der Waals surface area (Å²) in [4.78, 5) is 15.1. The lowest BCUT2D eigenvalue weighted by molar-refractivity contribution is -0.921. The van der Waals surface area contributed by atoms with Crippen molar-refractivity contribution in [2.75, 3.05) is 54.1 Å². The van der Waals surface area contributed by atoms with E-state index in [2.05, 4.69) is 29.6 Å². The number of para-hydroxylation sites is 1. The lowest BCUT2D eigenvalue weighted by Gasteiger charge is -2.23. The smallest absolute Gasteiger partial charge is 0.275 e. The van der Waals surface area contributed by atoms with E-state index in [0.717, 1.165) is 54.6 Å². The minimum absolute atomic E-state index is 0.0289. The molecule has 0 radical (unpaired) electrons. The second-order valence-corrected chi connectivity index (χ2v) is 8.10. The fourth-order valence-electron chi connectivity index (χ4n) is 3.92. The van der Waals surface area contributed by atoms with Gasteiger partial charge < -0.3 is 29.3 Å². The van der Waals surface area contributed by atoms with Crippen LogP contribution in [-0.4, -0.2) is 60.0 Å². The van der Waals surface area contributed by atoms with Crippen LogP contribution in [0.3, 0.4) is 0 Å². The van der Waals surface area contributed by atoms with Crippen LogP contribution in [0.4, 0.5) is 0 Å². The third-order valence-electron chi connectivity index (χ3n) is 5.61. The van der Waals surface area contributed by atoms with Crippen LogP contribution in [0.2, 0.25) is 0 Å². The topological polar surface area (TPSA) is 65.7 Å². The Morgan fingerprint density at radius 3 is 2.45 bits per heavy atom. The molecular formula is C24H35N3O4+2. The van der Waals surface area contributed by atoms with Crippen molar-refractivity contribution in [2.45, 2.75) is 19.6 Å². The van der Waals surface area contributed by atoms with Gasteiger partial charge in [-0.3, -0.25) is 4.79 Å². The van der Waals surface area contributed by atoms with Crippen molar-refractivity contribution in [3.8, 4) is 11.5 Å². The molecule has 7 heteroatoms. The van der Waals surface area contributed by atoms with E-state index in [9.17, 15) is 4.79 Å². The second kappa shape index (κ2) is 11.7. The van der Waals surface area contributed by atoms with E-state index < -0.39 is 0 Å². The fraction of sp³-hybridized carbons (Fsp3) is 0.458. The maximum Gasteiger partial charge on any atom is 0.275 e. The molecule has 168 valence electrons. The van der Waals surface area contributed by atoms with Crippen molar-refractivity contribution in [1.82, 2.24) is 5.32 Å². The number of rotatable bonds is 10. The van der Waals surface area contributed by atoms with Gasteiger partial charge in [0.15, 0.2) is 18.0 Å². The number of carbonyl (C=O) groups is 1. The van der Waals surface area contributed by atoms with Gasteiger partial charge in [-0.05, 0) is 17.7 Å². The Kier molecular flexibility index (Phi) is 8.70. The quantitative estimate of drug-likeness (QED) is 0.474. The number of amides is 1. The Hall–Kier alpha value is -2.61. The summed E-state index contributed by atoms with van der Waals surface area (Å²) in [7, 11) is 5.26. The Balaban J connectivity index is 1.44. The van der Waals surface area contributed by atoms with Gasteiger partial charge in [0.05, 0.1) is 40.0 Å². The molecule has 1 aliphatic heterocycles. The van der Waals surface area contributed by atoms with Crippen molar-refractivity contribution >= 4 is 5.91 Å². The van der Waals surface area contributed by atoms with E-state index in [1.165, 1.54) is 5.56 Å². The van der Waals surface area contributed by atoms with Gasteiger partial charge in [0.25, 0.3) is 5.91 Å². The molecule has 1 saturated heterocycles. The number of quaternary nitrogens is 2. The highest BCUT2D eigenvalue weighted by Crippen LogP contribution is 2.29. The maximum absolute atomic E-state index is 12.4. The predicted molar refractivity (Wildman–Crippen MR) is 119 cm³/mol. The van der Waals surface area contributed by atoms with E-state index in [-0.39, 0.29) is 5.91 Å². The molecule has 1 amide bonds. The molecule has 0 aromatic heterocycles. The van der Waals surface area contributed by atoms with Gasteiger partial charge in [0.2, 0.25) is 0 Å². The summed E-state index contributed by atoms with van der Waals surface area (Å²) in [6.07, 6.45) is 0. The number of hydrogen-bond donors (Lipinski definition) is 3. The lowest BCUT2D eigenvalue weighted by Crippen LogP contribution is -3.12. The third-order valence-corrected chi connectivity index (χ3v) is 5.61. The Morgan fingerprint density at radius 1 is 1.06 bits per heavy atom. The number of benzene rings is 2. The van der Waals surface area contributed by atoms with Crippen LogP contribution in [0.5, 0.6) is 11.5 Å². The number of hydrogen-bond acceptors (Lipinski definition) is 4. The minimum atomic E-state index is 0.0289. The zero-order chi connectivity index (χ0) is 22.1. The monoisotopic (exact) mass is 429 g/mol. The number of likely N-dealkylation sites (N-methyl/N-ethyl adjacent to an activating group) is 1. The first kappa shape index (κ1) is 23.1. The Morgan fingerprint density at radius 2 is 1.77 bits per heavy atom. The SMILES string of the molecule is COc1cccc(C[NH+](C)CC(=O)NCc2ccc(C[NH+]3CCOCC3)cc2)c1OC. The maximum atomic E-state index is 12.4. The molecule has 1 atom stereocenters. The molecule has 0 spiro atoms. The summed E-state index contributed by atoms with van der Waals surface area (Å²) in [6, 6.07) is 14.3. The number of carbonyl (C=O) groups excluding carboxylic acids is 1. The summed E-state index contributed by atoms with van der Waals surface area (Å²) in [6.45, 7) is 6.45. The number of methoxy groups -OCH3 is 2. The summed E-state index contributed by atoms with van der Waals surface area (Å²) >= 11 is 0. The second-order valence-electron chi connectivity index (χ2n) is 8.10. The average molecular weight is 430 g/mol. The van der Waals surface area contributed by atoms with Crippen molar-refractivity contribution in [2.24, 2.45) is 0 Å². The van der Waals surface area contributed by atoms with E-state index in [0.29, 0.717) is 25.4 Å². The number of ether oxygens (including phenoxy) is 3. The minimum Gasteiger partial charge on any atom is -0.493 e. The number of nitrogens with one attached hydrogen (secondary N) is 3. The molecule has 1 aliphatic rings. The number of morpholine rings is 1. The molecule has 1 fully saturated rings. The summed E-state index contributed by atoms with van der Waals surface area (Å²) in [5.74, 6) is 1.46. The zero-order valence-corrected chi connectivity index (χ0v) is 18.8. The summed E-state index contributed by atoms with van der Waals surface area (Å²) < 4.78 is 16.3. The van der Waals surface area contributed by atoms with Gasteiger partial charge in [-0.2, -0.15) is 0 Å². The van der Waals surface area contributed by atoms with E-state index >= 15 is 0 Å². The van der Waals surface area contributed by atoms with Gasteiger partial charge in [0, 0.05) is 12.1 Å². The standard InChI is InChI=1S/C24H33N3O4/c1-26(17-21-5-4-6-22(29-2)24(21)30-3)18-23(28)25-15-19-7-9-20(10-8-19)16-27-11-13-31-14-12-27/h4-10H,11-18H2,1-3H3,(H,25,28)/p+2. The highest BCUT2D eigenvalue weighted by Gasteiger charge is 2.16. The van der Waals surface area contributed by atoms with Crippen molar-refractivity contribution in [3.63, 3.8) is 0 Å². The van der Waals surface area contributed by atoms with Crippen LogP contribution >= 0.6 is 0 Å². The van der Waals surface area contributed by atoms with E-state index in [4.69, 9.17) is 14.2 Å². The molecule has 31 heavy (non-hydrogen) atoms. The Labute approximate surface area is 184 Å².